The molecule has 7 heteroatoms. The third kappa shape index (κ3) is 4.51. The van der Waals surface area contributed by atoms with Gasteiger partial charge < -0.3 is 15.0 Å². The van der Waals surface area contributed by atoms with Crippen molar-refractivity contribution in [3.05, 3.63) is 66.7 Å². The highest BCUT2D eigenvalue weighted by Gasteiger charge is 2.46. The van der Waals surface area contributed by atoms with Gasteiger partial charge in [0, 0.05) is 12.2 Å². The standard InChI is InChI=1S/C23H25N3O4/c1-4-14-25-20(15-21(27)24-17-8-12-19(13-9-17)30-5-2)22(28)26(23(25)29)18-10-6-16(3)7-11-18/h4,6-13,20H,1,5,14-15H2,2-3H3,(H,24,27)/t20-/m1/s1. The van der Waals surface area contributed by atoms with E-state index in [1.165, 1.54) is 4.90 Å². The van der Waals surface area contributed by atoms with E-state index in [1.807, 2.05) is 26.0 Å². The van der Waals surface area contributed by atoms with Gasteiger partial charge in [0.15, 0.2) is 0 Å². The molecule has 30 heavy (non-hydrogen) atoms. The molecule has 1 fully saturated rings. The van der Waals surface area contributed by atoms with Gasteiger partial charge in [0.2, 0.25) is 5.91 Å². The molecule has 0 aromatic heterocycles. The summed E-state index contributed by atoms with van der Waals surface area (Å²) in [6.07, 6.45) is 1.40. The maximum Gasteiger partial charge on any atom is 0.332 e. The third-order valence-electron chi connectivity index (χ3n) is 4.76. The van der Waals surface area contributed by atoms with Gasteiger partial charge in [-0.15, -0.1) is 6.58 Å². The van der Waals surface area contributed by atoms with Crippen LogP contribution in [0.3, 0.4) is 0 Å². The number of amides is 4. The van der Waals surface area contributed by atoms with Gasteiger partial charge in [-0.25, -0.2) is 9.69 Å². The predicted octanol–water partition coefficient (Wildman–Crippen LogP) is 3.75. The summed E-state index contributed by atoms with van der Waals surface area (Å²) in [5, 5.41) is 2.77. The first-order chi connectivity index (χ1) is 14.4. The summed E-state index contributed by atoms with van der Waals surface area (Å²) < 4.78 is 5.39. The van der Waals surface area contributed by atoms with Crippen molar-refractivity contribution in [2.75, 3.05) is 23.4 Å². The largest absolute Gasteiger partial charge is 0.494 e. The number of urea groups is 1. The van der Waals surface area contributed by atoms with E-state index in [0.29, 0.717) is 23.7 Å². The maximum absolute atomic E-state index is 13.0. The number of rotatable bonds is 8. The zero-order chi connectivity index (χ0) is 21.7. The Hall–Kier alpha value is -3.61. The molecule has 1 aliphatic heterocycles. The summed E-state index contributed by atoms with van der Waals surface area (Å²) >= 11 is 0. The molecule has 3 rings (SSSR count). The van der Waals surface area contributed by atoms with Crippen LogP contribution in [0.2, 0.25) is 0 Å². The van der Waals surface area contributed by atoms with Gasteiger partial charge in [0.25, 0.3) is 5.91 Å². The summed E-state index contributed by atoms with van der Waals surface area (Å²) in [6, 6.07) is 12.7. The van der Waals surface area contributed by atoms with E-state index < -0.39 is 18.0 Å². The average molecular weight is 407 g/mol. The lowest BCUT2D eigenvalue weighted by atomic mass is 10.1. The van der Waals surface area contributed by atoms with Gasteiger partial charge in [-0.1, -0.05) is 23.8 Å². The summed E-state index contributed by atoms with van der Waals surface area (Å²) in [4.78, 5) is 41.0. The average Bonchev–Trinajstić information content (AvgIpc) is 2.95. The van der Waals surface area contributed by atoms with E-state index in [1.54, 1.807) is 42.5 Å². The molecule has 2 aromatic carbocycles. The monoisotopic (exact) mass is 407 g/mol. The second kappa shape index (κ2) is 9.26. The Bertz CT molecular complexity index is 938. The van der Waals surface area contributed by atoms with Crippen LogP contribution in [-0.4, -0.2) is 41.9 Å². The predicted molar refractivity (Wildman–Crippen MR) is 116 cm³/mol. The van der Waals surface area contributed by atoms with E-state index in [4.69, 9.17) is 4.74 Å². The van der Waals surface area contributed by atoms with E-state index in [-0.39, 0.29) is 18.9 Å². The third-order valence-corrected chi connectivity index (χ3v) is 4.76. The number of hydrogen-bond donors (Lipinski definition) is 1. The molecule has 0 unspecified atom stereocenters. The molecule has 4 amide bonds. The second-order valence-electron chi connectivity index (χ2n) is 6.96. The van der Waals surface area contributed by atoms with Gasteiger partial charge in [0.05, 0.1) is 18.7 Å². The van der Waals surface area contributed by atoms with Crippen LogP contribution in [0.15, 0.2) is 61.2 Å². The number of benzene rings is 2. The van der Waals surface area contributed by atoms with Crippen molar-refractivity contribution >= 4 is 29.2 Å². The molecular weight excluding hydrogens is 382 g/mol. The molecule has 156 valence electrons. The number of hydrogen-bond acceptors (Lipinski definition) is 4. The number of nitrogens with zero attached hydrogens (tertiary/aromatic N) is 2. The van der Waals surface area contributed by atoms with E-state index in [0.717, 1.165) is 10.5 Å². The molecule has 0 spiro atoms. The van der Waals surface area contributed by atoms with Crippen molar-refractivity contribution in [3.8, 4) is 5.75 Å². The molecule has 7 nitrogen and oxygen atoms in total. The Kier molecular flexibility index (Phi) is 6.51. The highest BCUT2D eigenvalue weighted by atomic mass is 16.5. The van der Waals surface area contributed by atoms with Crippen LogP contribution in [0.5, 0.6) is 5.75 Å². The zero-order valence-corrected chi connectivity index (χ0v) is 17.1. The zero-order valence-electron chi connectivity index (χ0n) is 17.1. The molecule has 1 heterocycles. The molecule has 0 bridgehead atoms. The van der Waals surface area contributed by atoms with Crippen LogP contribution in [0.1, 0.15) is 18.9 Å². The van der Waals surface area contributed by atoms with E-state index >= 15 is 0 Å². The summed E-state index contributed by atoms with van der Waals surface area (Å²) in [6.45, 7) is 8.21. The number of anilines is 2. The van der Waals surface area contributed by atoms with Crippen LogP contribution in [0, 0.1) is 6.92 Å². The van der Waals surface area contributed by atoms with Crippen LogP contribution >= 0.6 is 0 Å². The Labute approximate surface area is 175 Å². The molecule has 0 aliphatic carbocycles. The first-order valence-corrected chi connectivity index (χ1v) is 9.79. The van der Waals surface area contributed by atoms with Gasteiger partial charge in [-0.2, -0.15) is 0 Å². The van der Waals surface area contributed by atoms with Gasteiger partial charge in [-0.3, -0.25) is 9.59 Å². The minimum absolute atomic E-state index is 0.145. The summed E-state index contributed by atoms with van der Waals surface area (Å²) in [5.74, 6) is -0.0735. The van der Waals surface area contributed by atoms with Crippen molar-refractivity contribution in [3.63, 3.8) is 0 Å². The lowest BCUT2D eigenvalue weighted by Gasteiger charge is -2.19. The first-order valence-electron chi connectivity index (χ1n) is 9.79. The first kappa shape index (κ1) is 21.1. The Morgan fingerprint density at radius 1 is 1.13 bits per heavy atom. The molecule has 1 aliphatic rings. The molecule has 0 saturated carbocycles. The fraction of sp³-hybridized carbons (Fsp3) is 0.261. The van der Waals surface area contributed by atoms with Crippen molar-refractivity contribution in [2.45, 2.75) is 26.3 Å². The quantitative estimate of drug-likeness (QED) is 0.534. The molecule has 2 aromatic rings. The minimum atomic E-state index is -0.889. The maximum atomic E-state index is 13.0. The van der Waals surface area contributed by atoms with Crippen molar-refractivity contribution < 1.29 is 19.1 Å². The number of ether oxygens (including phenoxy) is 1. The number of carbonyl (C=O) groups excluding carboxylic acids is 3. The van der Waals surface area contributed by atoms with E-state index in [9.17, 15) is 14.4 Å². The fourth-order valence-corrected chi connectivity index (χ4v) is 3.30. The van der Waals surface area contributed by atoms with Crippen LogP contribution in [-0.2, 0) is 9.59 Å². The SMILES string of the molecule is C=CCN1C(=O)N(c2ccc(C)cc2)C(=O)[C@H]1CC(=O)Nc1ccc(OCC)cc1. The van der Waals surface area contributed by atoms with Crippen molar-refractivity contribution in [1.29, 1.82) is 0 Å². The van der Waals surface area contributed by atoms with Crippen LogP contribution < -0.4 is 15.0 Å². The normalized spacial score (nSPS) is 16.0. The van der Waals surface area contributed by atoms with E-state index in [2.05, 4.69) is 11.9 Å². The fourth-order valence-electron chi connectivity index (χ4n) is 3.30. The topological polar surface area (TPSA) is 79.0 Å². The second-order valence-corrected chi connectivity index (χ2v) is 6.96. The van der Waals surface area contributed by atoms with Crippen LogP contribution in [0.25, 0.3) is 0 Å². The number of carbonyl (C=O) groups is 3. The smallest absolute Gasteiger partial charge is 0.332 e. The summed E-state index contributed by atoms with van der Waals surface area (Å²) in [7, 11) is 0. The van der Waals surface area contributed by atoms with Crippen molar-refractivity contribution in [1.82, 2.24) is 4.90 Å². The number of nitrogens with one attached hydrogen (secondary N) is 1. The lowest BCUT2D eigenvalue weighted by molar-refractivity contribution is -0.124. The Morgan fingerprint density at radius 2 is 1.80 bits per heavy atom. The molecule has 1 N–H and O–H groups in total. The van der Waals surface area contributed by atoms with Crippen LogP contribution in [0.4, 0.5) is 16.2 Å². The highest BCUT2D eigenvalue weighted by molar-refractivity contribution is 6.22. The van der Waals surface area contributed by atoms with Gasteiger partial charge in [0.1, 0.15) is 11.8 Å². The highest BCUT2D eigenvalue weighted by Crippen LogP contribution is 2.27. The lowest BCUT2D eigenvalue weighted by Crippen LogP contribution is -2.38. The molecular formula is C23H25N3O4. The Balaban J connectivity index is 1.74. The summed E-state index contributed by atoms with van der Waals surface area (Å²) in [5.41, 5.74) is 2.09. The van der Waals surface area contributed by atoms with Crippen molar-refractivity contribution in [2.24, 2.45) is 0 Å². The molecule has 1 saturated heterocycles. The molecule has 1 atom stereocenters. The van der Waals surface area contributed by atoms with Gasteiger partial charge in [-0.05, 0) is 50.2 Å². The van der Waals surface area contributed by atoms with Gasteiger partial charge >= 0.3 is 6.03 Å². The minimum Gasteiger partial charge on any atom is -0.494 e. The number of aryl methyl sites for hydroxylation is 1. The Morgan fingerprint density at radius 3 is 2.40 bits per heavy atom. The molecule has 0 radical (unpaired) electrons. The number of imide groups is 1.